The van der Waals surface area contributed by atoms with E-state index in [-0.39, 0.29) is 0 Å². The van der Waals surface area contributed by atoms with E-state index in [0.29, 0.717) is 34.9 Å². The first-order valence-electron chi connectivity index (χ1n) is 6.94. The molecule has 1 saturated heterocycles. The molecule has 0 aromatic heterocycles. The van der Waals surface area contributed by atoms with Gasteiger partial charge in [-0.2, -0.15) is 4.31 Å². The minimum absolute atomic E-state index is 0.337. The normalized spacial score (nSPS) is 21.6. The van der Waals surface area contributed by atoms with Crippen LogP contribution in [0.1, 0.15) is 31.7 Å². The predicted molar refractivity (Wildman–Crippen MR) is 83.8 cm³/mol. The maximum absolute atomic E-state index is 12.7. The van der Waals surface area contributed by atoms with Gasteiger partial charge in [0.1, 0.15) is 0 Å². The SMILES string of the molecule is CC1CCCN(S(=O)(=O)c2ccc(CN)cc2Br)CC1. The van der Waals surface area contributed by atoms with Crippen molar-refractivity contribution in [1.29, 1.82) is 0 Å². The Balaban J connectivity index is 2.30. The second-order valence-corrected chi connectivity index (χ2v) is 8.17. The van der Waals surface area contributed by atoms with Gasteiger partial charge in [-0.3, -0.25) is 0 Å². The molecule has 1 aliphatic rings. The number of rotatable bonds is 3. The van der Waals surface area contributed by atoms with Gasteiger partial charge in [-0.1, -0.05) is 13.0 Å². The second-order valence-electron chi connectivity index (χ2n) is 5.41. The highest BCUT2D eigenvalue weighted by atomic mass is 79.9. The van der Waals surface area contributed by atoms with E-state index in [1.165, 1.54) is 0 Å². The molecular formula is C14H21BrN2O2S. The molecule has 1 aromatic rings. The summed E-state index contributed by atoms with van der Waals surface area (Å²) >= 11 is 3.36. The topological polar surface area (TPSA) is 63.4 Å². The van der Waals surface area contributed by atoms with Crippen molar-refractivity contribution in [3.8, 4) is 0 Å². The summed E-state index contributed by atoms with van der Waals surface area (Å²) in [7, 11) is -3.42. The van der Waals surface area contributed by atoms with E-state index in [2.05, 4.69) is 22.9 Å². The van der Waals surface area contributed by atoms with Gasteiger partial charge in [-0.15, -0.1) is 0 Å². The lowest BCUT2D eigenvalue weighted by molar-refractivity contribution is 0.416. The van der Waals surface area contributed by atoms with Crippen LogP contribution in [0.15, 0.2) is 27.6 Å². The highest BCUT2D eigenvalue weighted by molar-refractivity contribution is 9.10. The fraction of sp³-hybridized carbons (Fsp3) is 0.571. The maximum atomic E-state index is 12.7. The van der Waals surface area contributed by atoms with Crippen molar-refractivity contribution in [2.24, 2.45) is 11.7 Å². The number of sulfonamides is 1. The van der Waals surface area contributed by atoms with Crippen molar-refractivity contribution in [2.75, 3.05) is 13.1 Å². The Labute approximate surface area is 129 Å². The second kappa shape index (κ2) is 6.56. The summed E-state index contributed by atoms with van der Waals surface area (Å²) in [5.41, 5.74) is 6.49. The van der Waals surface area contributed by atoms with Gasteiger partial charge in [-0.25, -0.2) is 8.42 Å². The Morgan fingerprint density at radius 2 is 2.10 bits per heavy atom. The monoisotopic (exact) mass is 360 g/mol. The van der Waals surface area contributed by atoms with Gasteiger partial charge in [0, 0.05) is 24.1 Å². The summed E-state index contributed by atoms with van der Waals surface area (Å²) in [6, 6.07) is 5.21. The molecule has 20 heavy (non-hydrogen) atoms. The lowest BCUT2D eigenvalue weighted by Gasteiger charge is -2.21. The van der Waals surface area contributed by atoms with Gasteiger partial charge in [0.05, 0.1) is 4.90 Å². The molecule has 0 spiro atoms. The molecule has 1 aliphatic heterocycles. The van der Waals surface area contributed by atoms with Crippen LogP contribution < -0.4 is 5.73 Å². The highest BCUT2D eigenvalue weighted by Crippen LogP contribution is 2.28. The van der Waals surface area contributed by atoms with Crippen LogP contribution in [0.2, 0.25) is 0 Å². The van der Waals surface area contributed by atoms with Crippen LogP contribution in [0.4, 0.5) is 0 Å². The van der Waals surface area contributed by atoms with Crippen LogP contribution in [0.3, 0.4) is 0 Å². The number of halogens is 1. The molecule has 4 nitrogen and oxygen atoms in total. The van der Waals surface area contributed by atoms with Crippen LogP contribution in [0, 0.1) is 5.92 Å². The van der Waals surface area contributed by atoms with E-state index in [0.717, 1.165) is 24.8 Å². The lowest BCUT2D eigenvalue weighted by atomic mass is 10.0. The molecule has 0 amide bonds. The van der Waals surface area contributed by atoms with Crippen LogP contribution in [0.25, 0.3) is 0 Å². The van der Waals surface area contributed by atoms with Crippen molar-refractivity contribution in [2.45, 2.75) is 37.6 Å². The molecule has 1 unspecified atom stereocenters. The number of nitrogens with zero attached hydrogens (tertiary/aromatic N) is 1. The third-order valence-corrected chi connectivity index (χ3v) is 6.70. The smallest absolute Gasteiger partial charge is 0.244 e. The minimum atomic E-state index is -3.42. The number of benzene rings is 1. The van der Waals surface area contributed by atoms with Gasteiger partial charge < -0.3 is 5.73 Å². The highest BCUT2D eigenvalue weighted by Gasteiger charge is 2.28. The van der Waals surface area contributed by atoms with Gasteiger partial charge in [0.15, 0.2) is 0 Å². The van der Waals surface area contributed by atoms with E-state index < -0.39 is 10.0 Å². The van der Waals surface area contributed by atoms with E-state index in [1.807, 2.05) is 0 Å². The summed E-state index contributed by atoms with van der Waals surface area (Å²) < 4.78 is 27.7. The van der Waals surface area contributed by atoms with Crippen LogP contribution in [-0.4, -0.2) is 25.8 Å². The molecule has 1 fully saturated rings. The molecule has 2 rings (SSSR count). The van der Waals surface area contributed by atoms with E-state index in [4.69, 9.17) is 5.73 Å². The van der Waals surface area contributed by atoms with Gasteiger partial charge >= 0.3 is 0 Å². The molecular weight excluding hydrogens is 340 g/mol. The first kappa shape index (κ1) is 15.9. The first-order chi connectivity index (χ1) is 9.45. The Kier molecular flexibility index (Phi) is 5.23. The molecule has 0 radical (unpaired) electrons. The zero-order valence-corrected chi connectivity index (χ0v) is 14.1. The van der Waals surface area contributed by atoms with Crippen LogP contribution in [-0.2, 0) is 16.6 Å². The Morgan fingerprint density at radius 3 is 2.75 bits per heavy atom. The van der Waals surface area contributed by atoms with Crippen LogP contribution in [0.5, 0.6) is 0 Å². The third-order valence-electron chi connectivity index (χ3n) is 3.83. The Morgan fingerprint density at radius 1 is 1.35 bits per heavy atom. The van der Waals surface area contributed by atoms with E-state index in [9.17, 15) is 8.42 Å². The van der Waals surface area contributed by atoms with Gasteiger partial charge in [-0.05, 0) is 58.8 Å². The molecule has 2 N–H and O–H groups in total. The summed E-state index contributed by atoms with van der Waals surface area (Å²) in [4.78, 5) is 0.337. The average molecular weight is 361 g/mol. The quantitative estimate of drug-likeness (QED) is 0.900. The largest absolute Gasteiger partial charge is 0.326 e. The molecule has 0 aliphatic carbocycles. The summed E-state index contributed by atoms with van der Waals surface area (Å²) in [6.07, 6.45) is 2.95. The fourth-order valence-corrected chi connectivity index (χ4v) is 5.08. The van der Waals surface area contributed by atoms with Crippen molar-refractivity contribution in [3.63, 3.8) is 0 Å². The molecule has 0 saturated carbocycles. The van der Waals surface area contributed by atoms with Gasteiger partial charge in [0.25, 0.3) is 0 Å². The third kappa shape index (κ3) is 3.42. The molecule has 1 atom stereocenters. The van der Waals surface area contributed by atoms with Crippen molar-refractivity contribution < 1.29 is 8.42 Å². The molecule has 112 valence electrons. The summed E-state index contributed by atoms with van der Waals surface area (Å²) in [5, 5.41) is 0. The Bertz CT molecular complexity index is 575. The number of hydrogen-bond donors (Lipinski definition) is 1. The van der Waals surface area contributed by atoms with E-state index in [1.54, 1.807) is 22.5 Å². The van der Waals surface area contributed by atoms with Crippen LogP contribution >= 0.6 is 15.9 Å². The first-order valence-corrected chi connectivity index (χ1v) is 9.17. The molecule has 0 bridgehead atoms. The van der Waals surface area contributed by atoms with Crippen molar-refractivity contribution in [3.05, 3.63) is 28.2 Å². The Hall–Kier alpha value is -0.430. The molecule has 1 heterocycles. The summed E-state index contributed by atoms with van der Waals surface area (Å²) in [6.45, 7) is 3.80. The zero-order valence-electron chi connectivity index (χ0n) is 11.7. The lowest BCUT2D eigenvalue weighted by Crippen LogP contribution is -2.32. The number of nitrogens with two attached hydrogens (primary N) is 1. The molecule has 6 heteroatoms. The zero-order chi connectivity index (χ0) is 14.8. The summed E-state index contributed by atoms with van der Waals surface area (Å²) in [5.74, 6) is 0.596. The minimum Gasteiger partial charge on any atom is -0.326 e. The maximum Gasteiger partial charge on any atom is 0.244 e. The predicted octanol–water partition coefficient (Wildman–Crippen LogP) is 2.72. The van der Waals surface area contributed by atoms with Crippen molar-refractivity contribution in [1.82, 2.24) is 4.31 Å². The van der Waals surface area contributed by atoms with Gasteiger partial charge in [0.2, 0.25) is 10.0 Å². The average Bonchev–Trinajstić information content (AvgIpc) is 2.63. The fourth-order valence-electron chi connectivity index (χ4n) is 2.50. The number of hydrogen-bond acceptors (Lipinski definition) is 3. The van der Waals surface area contributed by atoms with Crippen molar-refractivity contribution >= 4 is 26.0 Å². The molecule has 1 aromatic carbocycles. The van der Waals surface area contributed by atoms with E-state index >= 15 is 0 Å². The standard InChI is InChI=1S/C14H21BrN2O2S/c1-11-3-2-7-17(8-6-11)20(18,19)14-5-4-12(10-16)9-13(14)15/h4-5,9,11H,2-3,6-8,10,16H2,1H3.